The van der Waals surface area contributed by atoms with Crippen molar-refractivity contribution in [2.24, 2.45) is 5.41 Å². The molecule has 3 aromatic carbocycles. The molecule has 1 unspecified atom stereocenters. The number of hydrogen-bond donors (Lipinski definition) is 0. The van der Waals surface area contributed by atoms with Crippen molar-refractivity contribution in [2.45, 2.75) is 37.6 Å². The van der Waals surface area contributed by atoms with Gasteiger partial charge in [0.1, 0.15) is 16.4 Å². The van der Waals surface area contributed by atoms with Gasteiger partial charge in [-0.05, 0) is 67.6 Å². The second-order valence-electron chi connectivity index (χ2n) is 9.64. The van der Waals surface area contributed by atoms with Crippen LogP contribution in [0, 0.1) is 12.3 Å². The zero-order chi connectivity index (χ0) is 25.3. The van der Waals surface area contributed by atoms with E-state index in [-0.39, 0.29) is 22.4 Å². The number of rotatable bonds is 6. The van der Waals surface area contributed by atoms with Gasteiger partial charge in [0.15, 0.2) is 0 Å². The lowest BCUT2D eigenvalue weighted by Gasteiger charge is -2.38. The minimum absolute atomic E-state index is 0.0305. The van der Waals surface area contributed by atoms with Crippen LogP contribution in [0.2, 0.25) is 5.02 Å². The second kappa shape index (κ2) is 9.88. The van der Waals surface area contributed by atoms with Crippen molar-refractivity contribution >= 4 is 27.5 Å². The average molecular weight is 525 g/mol. The predicted molar refractivity (Wildman–Crippen MR) is 140 cm³/mol. The standard InChI is InChI=1S/C28H29ClN2O4S/c1-21-7-5-10-25(29)26(21)36(33,34)31-17-6-15-28(20-31)16-18-30(27(28)32)19-22-11-13-24(14-12-22)35-23-8-3-2-4-9-23/h2-5,7-14H,6,15-20H2,1H3. The highest BCUT2D eigenvalue weighted by molar-refractivity contribution is 7.89. The van der Waals surface area contributed by atoms with Gasteiger partial charge in [-0.2, -0.15) is 4.31 Å². The van der Waals surface area contributed by atoms with Gasteiger partial charge >= 0.3 is 0 Å². The van der Waals surface area contributed by atoms with E-state index in [0.29, 0.717) is 44.5 Å². The Kier molecular flexibility index (Phi) is 6.81. The molecule has 2 heterocycles. The highest BCUT2D eigenvalue weighted by atomic mass is 35.5. The molecule has 0 saturated carbocycles. The van der Waals surface area contributed by atoms with Gasteiger partial charge in [-0.1, -0.05) is 54.1 Å². The molecular weight excluding hydrogens is 496 g/mol. The van der Waals surface area contributed by atoms with E-state index in [2.05, 4.69) is 0 Å². The first kappa shape index (κ1) is 24.8. The maximum Gasteiger partial charge on any atom is 0.244 e. The smallest absolute Gasteiger partial charge is 0.244 e. The molecule has 6 nitrogen and oxygen atoms in total. The zero-order valence-electron chi connectivity index (χ0n) is 20.2. The highest BCUT2D eigenvalue weighted by Gasteiger charge is 2.51. The maximum atomic E-state index is 13.6. The quantitative estimate of drug-likeness (QED) is 0.418. The number of carbonyl (C=O) groups excluding carboxylic acids is 1. The number of amides is 1. The Morgan fingerprint density at radius 1 is 0.917 bits per heavy atom. The number of nitrogens with zero attached hydrogens (tertiary/aromatic N) is 2. The molecule has 0 aromatic heterocycles. The van der Waals surface area contributed by atoms with Crippen LogP contribution in [0.15, 0.2) is 77.7 Å². The summed E-state index contributed by atoms with van der Waals surface area (Å²) in [7, 11) is -3.80. The number of carbonyl (C=O) groups is 1. The average Bonchev–Trinajstić information content (AvgIpc) is 3.15. The molecule has 0 radical (unpaired) electrons. The normalized spacial score (nSPS) is 20.7. The van der Waals surface area contributed by atoms with Gasteiger partial charge in [0.05, 0.1) is 10.4 Å². The first-order valence-electron chi connectivity index (χ1n) is 12.2. The Morgan fingerprint density at radius 2 is 1.64 bits per heavy atom. The Balaban J connectivity index is 1.28. The van der Waals surface area contributed by atoms with E-state index >= 15 is 0 Å². The number of benzene rings is 3. The zero-order valence-corrected chi connectivity index (χ0v) is 21.8. The van der Waals surface area contributed by atoms with Gasteiger partial charge in [-0.3, -0.25) is 4.79 Å². The van der Waals surface area contributed by atoms with E-state index in [1.165, 1.54) is 4.31 Å². The van der Waals surface area contributed by atoms with E-state index < -0.39 is 15.4 Å². The maximum absolute atomic E-state index is 13.6. The molecule has 36 heavy (non-hydrogen) atoms. The molecule has 1 atom stereocenters. The Bertz CT molecular complexity index is 1340. The van der Waals surface area contributed by atoms with Gasteiger partial charge in [-0.15, -0.1) is 0 Å². The van der Waals surface area contributed by atoms with Crippen molar-refractivity contribution in [1.29, 1.82) is 0 Å². The molecule has 1 amide bonds. The van der Waals surface area contributed by atoms with E-state index in [0.717, 1.165) is 17.1 Å². The first-order chi connectivity index (χ1) is 17.3. The summed E-state index contributed by atoms with van der Waals surface area (Å²) in [4.78, 5) is 15.6. The topological polar surface area (TPSA) is 66.9 Å². The lowest BCUT2D eigenvalue weighted by atomic mass is 9.79. The molecule has 3 aromatic rings. The molecule has 2 aliphatic heterocycles. The molecule has 188 valence electrons. The van der Waals surface area contributed by atoms with Gasteiger partial charge in [-0.25, -0.2) is 8.42 Å². The molecule has 2 aliphatic rings. The lowest BCUT2D eigenvalue weighted by molar-refractivity contribution is -0.138. The number of piperidine rings is 1. The monoisotopic (exact) mass is 524 g/mol. The van der Waals surface area contributed by atoms with Crippen LogP contribution in [0.3, 0.4) is 0 Å². The minimum atomic E-state index is -3.80. The lowest BCUT2D eigenvalue weighted by Crippen LogP contribution is -2.49. The van der Waals surface area contributed by atoms with Gasteiger partial charge in [0.25, 0.3) is 0 Å². The van der Waals surface area contributed by atoms with E-state index in [4.69, 9.17) is 16.3 Å². The number of likely N-dealkylation sites (tertiary alicyclic amines) is 1. The van der Waals surface area contributed by atoms with Crippen molar-refractivity contribution in [3.05, 3.63) is 88.9 Å². The number of hydrogen-bond acceptors (Lipinski definition) is 4. The third-order valence-electron chi connectivity index (χ3n) is 7.18. The van der Waals surface area contributed by atoms with Crippen molar-refractivity contribution in [1.82, 2.24) is 9.21 Å². The van der Waals surface area contributed by atoms with Gasteiger partial charge in [0.2, 0.25) is 15.9 Å². The van der Waals surface area contributed by atoms with Crippen LogP contribution in [0.25, 0.3) is 0 Å². The van der Waals surface area contributed by atoms with E-state index in [9.17, 15) is 13.2 Å². The van der Waals surface area contributed by atoms with E-state index in [1.54, 1.807) is 25.1 Å². The van der Waals surface area contributed by atoms with Crippen molar-refractivity contribution in [2.75, 3.05) is 19.6 Å². The van der Waals surface area contributed by atoms with Crippen LogP contribution < -0.4 is 4.74 Å². The second-order valence-corrected chi connectivity index (χ2v) is 11.9. The summed E-state index contributed by atoms with van der Waals surface area (Å²) in [6, 6.07) is 22.4. The SMILES string of the molecule is Cc1cccc(Cl)c1S(=O)(=O)N1CCCC2(CCN(Cc3ccc(Oc4ccccc4)cc3)C2=O)C1. The third kappa shape index (κ3) is 4.75. The number of sulfonamides is 1. The van der Waals surface area contributed by atoms with Crippen LogP contribution in [0.4, 0.5) is 0 Å². The molecule has 0 bridgehead atoms. The Labute approximate surface area is 217 Å². The van der Waals surface area contributed by atoms with Crippen molar-refractivity contribution in [3.8, 4) is 11.5 Å². The van der Waals surface area contributed by atoms with Gasteiger partial charge < -0.3 is 9.64 Å². The highest BCUT2D eigenvalue weighted by Crippen LogP contribution is 2.43. The summed E-state index contributed by atoms with van der Waals surface area (Å²) in [5, 5.41) is 0.216. The van der Waals surface area contributed by atoms with Gasteiger partial charge in [0, 0.05) is 26.2 Å². The fourth-order valence-corrected chi connectivity index (χ4v) is 7.65. The summed E-state index contributed by atoms with van der Waals surface area (Å²) in [6.45, 7) is 3.43. The summed E-state index contributed by atoms with van der Waals surface area (Å²) in [6.07, 6.45) is 1.99. The predicted octanol–water partition coefficient (Wildman–Crippen LogP) is 5.64. The fourth-order valence-electron chi connectivity index (χ4n) is 5.30. The molecule has 0 aliphatic carbocycles. The van der Waals surface area contributed by atoms with E-state index in [1.807, 2.05) is 59.5 Å². The molecule has 8 heteroatoms. The number of aryl methyl sites for hydroxylation is 1. The number of halogens is 1. The molecule has 0 N–H and O–H groups in total. The van der Waals surface area contributed by atoms with Crippen LogP contribution in [-0.2, 0) is 21.4 Å². The summed E-state index contributed by atoms with van der Waals surface area (Å²) < 4.78 is 34.4. The van der Waals surface area contributed by atoms with Crippen molar-refractivity contribution < 1.29 is 17.9 Å². The largest absolute Gasteiger partial charge is 0.457 e. The number of ether oxygens (including phenoxy) is 1. The summed E-state index contributed by atoms with van der Waals surface area (Å²) >= 11 is 6.29. The summed E-state index contributed by atoms with van der Waals surface area (Å²) in [5.41, 5.74) is 0.936. The molecular formula is C28H29ClN2O4S. The summed E-state index contributed by atoms with van der Waals surface area (Å²) in [5.74, 6) is 1.53. The fraction of sp³-hybridized carbons (Fsp3) is 0.321. The van der Waals surface area contributed by atoms with Crippen LogP contribution in [0.1, 0.15) is 30.4 Å². The third-order valence-corrected chi connectivity index (χ3v) is 9.66. The van der Waals surface area contributed by atoms with Crippen LogP contribution in [0.5, 0.6) is 11.5 Å². The Hall–Kier alpha value is -2.87. The molecule has 1 spiro atoms. The van der Waals surface area contributed by atoms with Crippen LogP contribution in [-0.4, -0.2) is 43.2 Å². The Morgan fingerprint density at radius 3 is 2.36 bits per heavy atom. The first-order valence-corrected chi connectivity index (χ1v) is 14.0. The number of para-hydroxylation sites is 1. The molecule has 5 rings (SSSR count). The molecule has 2 saturated heterocycles. The van der Waals surface area contributed by atoms with Crippen molar-refractivity contribution in [3.63, 3.8) is 0 Å². The molecule has 2 fully saturated rings. The minimum Gasteiger partial charge on any atom is -0.457 e. The van der Waals surface area contributed by atoms with Crippen LogP contribution >= 0.6 is 11.6 Å².